The number of halogens is 2. The van der Waals surface area contributed by atoms with Crippen LogP contribution in [-0.2, 0) is 16.4 Å². The summed E-state index contributed by atoms with van der Waals surface area (Å²) in [4.78, 5) is 14.2. The van der Waals surface area contributed by atoms with Gasteiger partial charge in [-0.1, -0.05) is 22.0 Å². The third-order valence-corrected chi connectivity index (χ3v) is 5.15. The molecule has 0 aromatic heterocycles. The second-order valence-electron chi connectivity index (χ2n) is 5.36. The van der Waals surface area contributed by atoms with Gasteiger partial charge in [-0.3, -0.25) is 4.79 Å². The maximum atomic E-state index is 13.9. The van der Waals surface area contributed by atoms with Crippen LogP contribution in [-0.4, -0.2) is 32.0 Å². The minimum absolute atomic E-state index is 0.0815. The van der Waals surface area contributed by atoms with E-state index in [1.54, 1.807) is 25.1 Å². The highest BCUT2D eigenvalue weighted by Crippen LogP contribution is 2.19. The minimum atomic E-state index is -3.40. The van der Waals surface area contributed by atoms with E-state index in [4.69, 9.17) is 0 Å². The molecule has 2 aromatic rings. The lowest BCUT2D eigenvalue weighted by molar-refractivity contribution is 0.0751. The Balaban J connectivity index is 2.31. The van der Waals surface area contributed by atoms with Crippen molar-refractivity contribution in [1.82, 2.24) is 4.90 Å². The van der Waals surface area contributed by atoms with Crippen molar-refractivity contribution in [3.05, 3.63) is 63.9 Å². The summed E-state index contributed by atoms with van der Waals surface area (Å²) >= 11 is 3.28. The lowest BCUT2D eigenvalue weighted by atomic mass is 10.1. The van der Waals surface area contributed by atoms with Crippen molar-refractivity contribution in [1.29, 1.82) is 0 Å². The normalized spacial score (nSPS) is 11.3. The quantitative estimate of drug-likeness (QED) is 0.751. The predicted molar refractivity (Wildman–Crippen MR) is 94.1 cm³/mol. The van der Waals surface area contributed by atoms with Crippen LogP contribution in [0.15, 0.2) is 51.8 Å². The summed E-state index contributed by atoms with van der Waals surface area (Å²) in [5.74, 6) is -0.739. The molecular formula is C17H17BrFNO3S. The van der Waals surface area contributed by atoms with Gasteiger partial charge in [-0.25, -0.2) is 12.8 Å². The maximum Gasteiger partial charge on any atom is 0.254 e. The summed E-state index contributed by atoms with van der Waals surface area (Å²) in [5, 5.41) is 0. The Labute approximate surface area is 149 Å². The van der Waals surface area contributed by atoms with Gasteiger partial charge in [0.15, 0.2) is 9.84 Å². The molecule has 0 spiro atoms. The first kappa shape index (κ1) is 18.6. The Morgan fingerprint density at radius 2 is 1.92 bits per heavy atom. The summed E-state index contributed by atoms with van der Waals surface area (Å²) in [6, 6.07) is 10.4. The molecule has 2 aromatic carbocycles. The zero-order chi connectivity index (χ0) is 17.9. The SMILES string of the molecule is CCN(Cc1cc(Br)ccc1F)C(=O)c1cccc(S(C)(=O)=O)c1. The van der Waals surface area contributed by atoms with Crippen LogP contribution < -0.4 is 0 Å². The van der Waals surface area contributed by atoms with E-state index in [0.29, 0.717) is 12.1 Å². The maximum absolute atomic E-state index is 13.9. The molecule has 7 heteroatoms. The van der Waals surface area contributed by atoms with E-state index in [0.717, 1.165) is 10.7 Å². The van der Waals surface area contributed by atoms with Crippen molar-refractivity contribution in [2.75, 3.05) is 12.8 Å². The first-order valence-electron chi connectivity index (χ1n) is 7.25. The van der Waals surface area contributed by atoms with Crippen molar-refractivity contribution in [2.45, 2.75) is 18.4 Å². The summed E-state index contributed by atoms with van der Waals surface area (Å²) in [6.45, 7) is 2.26. The molecule has 0 aliphatic rings. The molecule has 2 rings (SSSR count). The number of sulfone groups is 1. The van der Waals surface area contributed by atoms with Crippen LogP contribution >= 0.6 is 15.9 Å². The monoisotopic (exact) mass is 413 g/mol. The summed E-state index contributed by atoms with van der Waals surface area (Å²) < 4.78 is 37.9. The number of rotatable bonds is 5. The largest absolute Gasteiger partial charge is 0.334 e. The van der Waals surface area contributed by atoms with E-state index in [2.05, 4.69) is 15.9 Å². The van der Waals surface area contributed by atoms with Crippen molar-refractivity contribution >= 4 is 31.7 Å². The molecule has 4 nitrogen and oxygen atoms in total. The molecular weight excluding hydrogens is 397 g/mol. The van der Waals surface area contributed by atoms with E-state index in [1.165, 1.54) is 29.2 Å². The molecule has 0 saturated heterocycles. The highest BCUT2D eigenvalue weighted by Gasteiger charge is 2.18. The van der Waals surface area contributed by atoms with Crippen molar-refractivity contribution < 1.29 is 17.6 Å². The first-order chi connectivity index (χ1) is 11.2. The minimum Gasteiger partial charge on any atom is -0.334 e. The standard InChI is InChI=1S/C17H17BrFNO3S/c1-3-20(11-13-9-14(18)7-8-16(13)19)17(21)12-5-4-6-15(10-12)24(2,22)23/h4-10H,3,11H2,1-2H3. The van der Waals surface area contributed by atoms with E-state index < -0.39 is 15.7 Å². The summed E-state index contributed by atoms with van der Waals surface area (Å²) in [7, 11) is -3.40. The molecule has 0 fully saturated rings. The average molecular weight is 414 g/mol. The molecule has 0 unspecified atom stereocenters. The second-order valence-corrected chi connectivity index (χ2v) is 8.29. The van der Waals surface area contributed by atoms with Gasteiger partial charge in [0.25, 0.3) is 5.91 Å². The highest BCUT2D eigenvalue weighted by atomic mass is 79.9. The molecule has 128 valence electrons. The average Bonchev–Trinajstić information content (AvgIpc) is 2.54. The van der Waals surface area contributed by atoms with Gasteiger partial charge in [-0.05, 0) is 43.3 Å². The fourth-order valence-corrected chi connectivity index (χ4v) is 3.31. The number of nitrogens with zero attached hydrogens (tertiary/aromatic N) is 1. The molecule has 0 radical (unpaired) electrons. The highest BCUT2D eigenvalue weighted by molar-refractivity contribution is 9.10. The number of hydrogen-bond acceptors (Lipinski definition) is 3. The molecule has 24 heavy (non-hydrogen) atoms. The Hall–Kier alpha value is -1.73. The fraction of sp³-hybridized carbons (Fsp3) is 0.235. The lowest BCUT2D eigenvalue weighted by Crippen LogP contribution is -2.30. The van der Waals surface area contributed by atoms with E-state index >= 15 is 0 Å². The Kier molecular flexibility index (Phi) is 5.77. The third kappa shape index (κ3) is 4.42. The van der Waals surface area contributed by atoms with Crippen LogP contribution in [0.4, 0.5) is 4.39 Å². The van der Waals surface area contributed by atoms with Crippen LogP contribution in [0.25, 0.3) is 0 Å². The zero-order valence-corrected chi connectivity index (χ0v) is 15.7. The molecule has 0 N–H and O–H groups in total. The van der Waals surface area contributed by atoms with Crippen molar-refractivity contribution in [3.8, 4) is 0 Å². The Morgan fingerprint density at radius 1 is 1.21 bits per heavy atom. The van der Waals surface area contributed by atoms with Gasteiger partial charge in [-0.2, -0.15) is 0 Å². The molecule has 0 heterocycles. The lowest BCUT2D eigenvalue weighted by Gasteiger charge is -2.21. The number of carbonyl (C=O) groups is 1. The van der Waals surface area contributed by atoms with Gasteiger partial charge in [0, 0.05) is 34.9 Å². The van der Waals surface area contributed by atoms with Crippen LogP contribution in [0.1, 0.15) is 22.8 Å². The third-order valence-electron chi connectivity index (χ3n) is 3.55. The Morgan fingerprint density at radius 3 is 2.54 bits per heavy atom. The van der Waals surface area contributed by atoms with Crippen LogP contribution in [0.3, 0.4) is 0 Å². The molecule has 1 amide bonds. The molecule has 0 bridgehead atoms. The van der Waals surface area contributed by atoms with Gasteiger partial charge >= 0.3 is 0 Å². The van der Waals surface area contributed by atoms with Gasteiger partial charge in [0.2, 0.25) is 0 Å². The van der Waals surface area contributed by atoms with E-state index in [-0.39, 0.29) is 22.9 Å². The fourth-order valence-electron chi connectivity index (χ4n) is 2.24. The number of carbonyl (C=O) groups excluding carboxylic acids is 1. The van der Waals surface area contributed by atoms with Crippen molar-refractivity contribution in [3.63, 3.8) is 0 Å². The predicted octanol–water partition coefficient (Wildman–Crippen LogP) is 3.65. The van der Waals surface area contributed by atoms with E-state index in [9.17, 15) is 17.6 Å². The van der Waals surface area contributed by atoms with Crippen LogP contribution in [0.5, 0.6) is 0 Å². The van der Waals surface area contributed by atoms with Crippen LogP contribution in [0.2, 0.25) is 0 Å². The molecule has 0 atom stereocenters. The molecule has 0 aliphatic carbocycles. The number of hydrogen-bond donors (Lipinski definition) is 0. The smallest absolute Gasteiger partial charge is 0.254 e. The van der Waals surface area contributed by atoms with Gasteiger partial charge in [0.1, 0.15) is 5.82 Å². The van der Waals surface area contributed by atoms with Crippen molar-refractivity contribution in [2.24, 2.45) is 0 Å². The Bertz CT molecular complexity index is 868. The molecule has 0 saturated carbocycles. The topological polar surface area (TPSA) is 54.5 Å². The number of benzene rings is 2. The van der Waals surface area contributed by atoms with Gasteiger partial charge in [-0.15, -0.1) is 0 Å². The summed E-state index contributed by atoms with van der Waals surface area (Å²) in [6.07, 6.45) is 1.09. The zero-order valence-electron chi connectivity index (χ0n) is 13.3. The van der Waals surface area contributed by atoms with E-state index in [1.807, 2.05) is 0 Å². The number of amides is 1. The van der Waals surface area contributed by atoms with Gasteiger partial charge < -0.3 is 4.90 Å². The molecule has 0 aliphatic heterocycles. The first-order valence-corrected chi connectivity index (χ1v) is 9.94. The second kappa shape index (κ2) is 7.44. The van der Waals surface area contributed by atoms with Gasteiger partial charge in [0.05, 0.1) is 4.90 Å². The van der Waals surface area contributed by atoms with Crippen LogP contribution in [0, 0.1) is 5.82 Å². The summed E-state index contributed by atoms with van der Waals surface area (Å²) in [5.41, 5.74) is 0.647.